The van der Waals surface area contributed by atoms with Gasteiger partial charge in [-0.2, -0.15) is 0 Å². The molecule has 9 heteroatoms. The van der Waals surface area contributed by atoms with Crippen LogP contribution < -0.4 is 5.32 Å². The van der Waals surface area contributed by atoms with E-state index in [0.717, 1.165) is 22.3 Å². The van der Waals surface area contributed by atoms with E-state index in [1.54, 1.807) is 20.8 Å². The second kappa shape index (κ2) is 10.4. The van der Waals surface area contributed by atoms with Crippen LogP contribution in [0.25, 0.3) is 11.1 Å². The molecule has 2 aromatic rings. The summed E-state index contributed by atoms with van der Waals surface area (Å²) in [6.07, 6.45) is -1.52. The number of hydrogen-bond acceptors (Lipinski definition) is 6. The topological polar surface area (TPSA) is 114 Å². The van der Waals surface area contributed by atoms with E-state index in [2.05, 4.69) is 5.32 Å². The molecule has 1 heterocycles. The SMILES string of the molecule is C[C@@H]1OC(C)(C)N(C(=O)[C@@H](COC(C)(C)C)NC(=O)OCC2c3ccccc3-c3ccccc32)[C@H]1C(=O)O. The van der Waals surface area contributed by atoms with Gasteiger partial charge in [-0.1, -0.05) is 48.5 Å². The number of carbonyl (C=O) groups excluding carboxylic acids is 2. The van der Waals surface area contributed by atoms with Crippen LogP contribution in [-0.4, -0.2) is 70.7 Å². The molecule has 0 radical (unpaired) electrons. The van der Waals surface area contributed by atoms with E-state index >= 15 is 0 Å². The van der Waals surface area contributed by atoms with E-state index < -0.39 is 47.5 Å². The third kappa shape index (κ3) is 5.54. The van der Waals surface area contributed by atoms with Crippen LogP contribution in [0.4, 0.5) is 4.79 Å². The van der Waals surface area contributed by atoms with Gasteiger partial charge in [-0.3, -0.25) is 9.69 Å². The van der Waals surface area contributed by atoms with Crippen molar-refractivity contribution < 1.29 is 33.7 Å². The van der Waals surface area contributed by atoms with Crippen LogP contribution in [0.1, 0.15) is 58.6 Å². The van der Waals surface area contributed by atoms with Gasteiger partial charge in [-0.15, -0.1) is 0 Å². The first-order valence-corrected chi connectivity index (χ1v) is 12.8. The van der Waals surface area contributed by atoms with E-state index in [9.17, 15) is 19.5 Å². The number of nitrogens with zero attached hydrogens (tertiary/aromatic N) is 1. The zero-order chi connectivity index (χ0) is 27.8. The fraction of sp³-hybridized carbons (Fsp3) is 0.483. The molecule has 1 saturated heterocycles. The molecule has 0 bridgehead atoms. The lowest BCUT2D eigenvalue weighted by Gasteiger charge is -2.35. The molecular weight excluding hydrogens is 488 g/mol. The van der Waals surface area contributed by atoms with Gasteiger partial charge in [0, 0.05) is 5.92 Å². The number of fused-ring (bicyclic) bond motifs is 3. The molecule has 38 heavy (non-hydrogen) atoms. The quantitative estimate of drug-likeness (QED) is 0.559. The molecule has 204 valence electrons. The molecule has 1 aliphatic heterocycles. The number of rotatable bonds is 7. The summed E-state index contributed by atoms with van der Waals surface area (Å²) in [6.45, 7) is 10.2. The molecule has 1 fully saturated rings. The first kappa shape index (κ1) is 27.6. The summed E-state index contributed by atoms with van der Waals surface area (Å²) in [7, 11) is 0. The maximum absolute atomic E-state index is 13.7. The molecule has 0 unspecified atom stereocenters. The number of aliphatic carboxylic acids is 1. The lowest BCUT2D eigenvalue weighted by Crippen LogP contribution is -2.59. The molecule has 0 saturated carbocycles. The smallest absolute Gasteiger partial charge is 0.407 e. The highest BCUT2D eigenvalue weighted by Crippen LogP contribution is 2.44. The van der Waals surface area contributed by atoms with Gasteiger partial charge in [0.15, 0.2) is 6.04 Å². The van der Waals surface area contributed by atoms with Gasteiger partial charge >= 0.3 is 12.1 Å². The first-order chi connectivity index (χ1) is 17.8. The van der Waals surface area contributed by atoms with E-state index in [1.165, 1.54) is 4.90 Å². The minimum Gasteiger partial charge on any atom is -0.480 e. The molecule has 2 N–H and O–H groups in total. The number of benzene rings is 2. The van der Waals surface area contributed by atoms with Gasteiger partial charge in [-0.25, -0.2) is 9.59 Å². The Labute approximate surface area is 223 Å². The van der Waals surface area contributed by atoms with Crippen molar-refractivity contribution in [2.24, 2.45) is 0 Å². The van der Waals surface area contributed by atoms with Crippen LogP contribution in [0.15, 0.2) is 48.5 Å². The van der Waals surface area contributed by atoms with Crippen molar-refractivity contribution in [1.29, 1.82) is 0 Å². The number of carboxylic acids is 1. The Morgan fingerprint density at radius 2 is 1.61 bits per heavy atom. The largest absolute Gasteiger partial charge is 0.480 e. The number of ether oxygens (including phenoxy) is 3. The number of alkyl carbamates (subject to hydrolysis) is 1. The highest BCUT2D eigenvalue weighted by Gasteiger charge is 2.53. The fourth-order valence-corrected chi connectivity index (χ4v) is 5.29. The lowest BCUT2D eigenvalue weighted by molar-refractivity contribution is -0.158. The number of hydrogen-bond donors (Lipinski definition) is 2. The summed E-state index contributed by atoms with van der Waals surface area (Å²) in [5.74, 6) is -1.95. The van der Waals surface area contributed by atoms with E-state index in [1.807, 2.05) is 69.3 Å². The van der Waals surface area contributed by atoms with Crippen LogP contribution in [0.3, 0.4) is 0 Å². The normalized spacial score (nSPS) is 20.9. The second-order valence-electron chi connectivity index (χ2n) is 11.2. The fourth-order valence-electron chi connectivity index (χ4n) is 5.29. The van der Waals surface area contributed by atoms with Gasteiger partial charge in [-0.05, 0) is 63.8 Å². The Morgan fingerprint density at radius 3 is 2.13 bits per heavy atom. The third-order valence-electron chi connectivity index (χ3n) is 6.88. The Kier molecular flexibility index (Phi) is 7.54. The van der Waals surface area contributed by atoms with Crippen molar-refractivity contribution in [2.75, 3.05) is 13.2 Å². The molecular formula is C29H36N2O7. The standard InChI is InChI=1S/C29H36N2O7/c1-17-24(26(33)34)31(29(5,6)38-17)25(32)23(16-37-28(2,3)4)30-27(35)36-15-22-20-13-9-7-11-18(20)19-12-8-10-14-21(19)22/h7-14,17,22-24H,15-16H2,1-6H3,(H,30,35)(H,33,34)/t17-,23+,24+/m0/s1. The summed E-state index contributed by atoms with van der Waals surface area (Å²) in [4.78, 5) is 39.9. The van der Waals surface area contributed by atoms with Crippen LogP contribution in [0, 0.1) is 0 Å². The molecule has 1 aliphatic carbocycles. The molecule has 2 amide bonds. The van der Waals surface area contributed by atoms with Crippen molar-refractivity contribution in [3.63, 3.8) is 0 Å². The predicted molar refractivity (Wildman–Crippen MR) is 141 cm³/mol. The average molecular weight is 525 g/mol. The van der Waals surface area contributed by atoms with Gasteiger partial charge < -0.3 is 24.6 Å². The molecule has 9 nitrogen and oxygen atoms in total. The van der Waals surface area contributed by atoms with Gasteiger partial charge in [0.2, 0.25) is 0 Å². The lowest BCUT2D eigenvalue weighted by atomic mass is 9.98. The van der Waals surface area contributed by atoms with Crippen molar-refractivity contribution in [3.05, 3.63) is 59.7 Å². The second-order valence-corrected chi connectivity index (χ2v) is 11.2. The maximum Gasteiger partial charge on any atom is 0.407 e. The predicted octanol–water partition coefficient (Wildman–Crippen LogP) is 4.15. The van der Waals surface area contributed by atoms with Crippen LogP contribution in [-0.2, 0) is 23.8 Å². The third-order valence-corrected chi connectivity index (χ3v) is 6.88. The van der Waals surface area contributed by atoms with Crippen LogP contribution in [0.2, 0.25) is 0 Å². The van der Waals surface area contributed by atoms with Crippen molar-refractivity contribution >= 4 is 18.0 Å². The minimum absolute atomic E-state index is 0.0774. The van der Waals surface area contributed by atoms with E-state index in [-0.39, 0.29) is 19.1 Å². The van der Waals surface area contributed by atoms with Gasteiger partial charge in [0.1, 0.15) is 18.4 Å². The zero-order valence-electron chi connectivity index (χ0n) is 22.7. The van der Waals surface area contributed by atoms with E-state index in [4.69, 9.17) is 14.2 Å². The summed E-state index contributed by atoms with van der Waals surface area (Å²) < 4.78 is 17.2. The maximum atomic E-state index is 13.7. The number of nitrogens with one attached hydrogen (secondary N) is 1. The average Bonchev–Trinajstić information content (AvgIpc) is 3.29. The molecule has 2 aromatic carbocycles. The molecule has 0 spiro atoms. The van der Waals surface area contributed by atoms with Crippen molar-refractivity contribution in [2.45, 2.75) is 77.0 Å². The molecule has 3 atom stereocenters. The first-order valence-electron chi connectivity index (χ1n) is 12.8. The van der Waals surface area contributed by atoms with E-state index in [0.29, 0.717) is 0 Å². The number of amides is 2. The van der Waals surface area contributed by atoms with Crippen LogP contribution in [0.5, 0.6) is 0 Å². The monoisotopic (exact) mass is 524 g/mol. The molecule has 0 aromatic heterocycles. The molecule has 2 aliphatic rings. The Bertz CT molecular complexity index is 1170. The molecule has 4 rings (SSSR count). The van der Waals surface area contributed by atoms with Crippen molar-refractivity contribution in [1.82, 2.24) is 10.2 Å². The highest BCUT2D eigenvalue weighted by molar-refractivity contribution is 5.90. The Hall–Kier alpha value is -3.43. The summed E-state index contributed by atoms with van der Waals surface area (Å²) in [6, 6.07) is 13.6. The Morgan fingerprint density at radius 1 is 1.05 bits per heavy atom. The zero-order valence-corrected chi connectivity index (χ0v) is 22.7. The summed E-state index contributed by atoms with van der Waals surface area (Å²) >= 11 is 0. The summed E-state index contributed by atoms with van der Waals surface area (Å²) in [5.41, 5.74) is 2.56. The summed E-state index contributed by atoms with van der Waals surface area (Å²) in [5, 5.41) is 12.4. The Balaban J connectivity index is 1.51. The van der Waals surface area contributed by atoms with Crippen molar-refractivity contribution in [3.8, 4) is 11.1 Å². The number of carboxylic acid groups (broad SMARTS) is 1. The van der Waals surface area contributed by atoms with Gasteiger partial charge in [0.25, 0.3) is 5.91 Å². The highest BCUT2D eigenvalue weighted by atomic mass is 16.6. The van der Waals surface area contributed by atoms with Crippen LogP contribution >= 0.6 is 0 Å². The number of carbonyl (C=O) groups is 3. The van der Waals surface area contributed by atoms with Gasteiger partial charge in [0.05, 0.1) is 18.3 Å². The minimum atomic E-state index is -1.21.